The Morgan fingerprint density at radius 2 is 1.76 bits per heavy atom. The molecule has 0 atom stereocenters. The smallest absolute Gasteiger partial charge is 0.280 e. The van der Waals surface area contributed by atoms with Crippen LogP contribution in [0.3, 0.4) is 0 Å². The molecule has 0 bridgehead atoms. The summed E-state index contributed by atoms with van der Waals surface area (Å²) in [6, 6.07) is 10.2. The first-order chi connectivity index (χ1) is 17.4. The van der Waals surface area contributed by atoms with Gasteiger partial charge in [0.2, 0.25) is 0 Å². The Morgan fingerprint density at radius 3 is 2.38 bits per heavy atom. The minimum Gasteiger partial charge on any atom is -0.382 e. The Bertz CT molecular complexity index is 1130. The minimum atomic E-state index is -0.705. The van der Waals surface area contributed by atoms with Crippen LogP contribution in [0.4, 0.5) is 11.6 Å². The number of halogens is 1. The number of nitrogens with one attached hydrogen (secondary N) is 3. The molecule has 11 nitrogen and oxygen atoms in total. The molecule has 0 spiro atoms. The lowest BCUT2D eigenvalue weighted by Crippen LogP contribution is -2.53. The normalized spacial score (nSPS) is 15.2. The highest BCUT2D eigenvalue weighted by atomic mass is 35.5. The number of carbonyl (C=O) groups is 2. The number of nitrogens with zero attached hydrogens (tertiary/aromatic N) is 4. The van der Waals surface area contributed by atoms with Crippen LogP contribution in [-0.4, -0.2) is 84.4 Å². The van der Waals surface area contributed by atoms with Crippen molar-refractivity contribution in [3.05, 3.63) is 46.7 Å². The molecule has 2 heterocycles. The van der Waals surface area contributed by atoms with Crippen LogP contribution < -0.4 is 22.1 Å². The fourth-order valence-electron chi connectivity index (χ4n) is 4.41. The molecule has 1 aliphatic heterocycles. The molecule has 200 valence electrons. The van der Waals surface area contributed by atoms with Crippen LogP contribution >= 0.6 is 11.6 Å². The average Bonchev–Trinajstić information content (AvgIpc) is 2.84. The number of likely N-dealkylation sites (tertiary alicyclic amines) is 1. The Labute approximate surface area is 222 Å². The van der Waals surface area contributed by atoms with Gasteiger partial charge in [0.15, 0.2) is 35.0 Å². The molecule has 1 aliphatic rings. The van der Waals surface area contributed by atoms with E-state index in [-0.39, 0.29) is 39.8 Å². The Balaban J connectivity index is 1.64. The molecule has 1 aromatic carbocycles. The lowest BCUT2D eigenvalue weighted by Gasteiger charge is -2.43. The van der Waals surface area contributed by atoms with Gasteiger partial charge in [0, 0.05) is 19.6 Å². The van der Waals surface area contributed by atoms with Gasteiger partial charge in [0.05, 0.1) is 21.1 Å². The highest BCUT2D eigenvalue weighted by Gasteiger charge is 2.36. The van der Waals surface area contributed by atoms with E-state index in [0.717, 1.165) is 25.7 Å². The molecular weight excluding hydrogens is 494 g/mol. The fraction of sp³-hybridized carbons (Fsp3) is 0.480. The summed E-state index contributed by atoms with van der Waals surface area (Å²) in [5.41, 5.74) is 12.2. The van der Waals surface area contributed by atoms with E-state index in [1.165, 1.54) is 5.56 Å². The maximum atomic E-state index is 12.8. The second-order valence-corrected chi connectivity index (χ2v) is 11.0. The third-order valence-electron chi connectivity index (χ3n) is 6.57. The fourth-order valence-corrected chi connectivity index (χ4v) is 4.53. The number of guanidine groups is 1. The van der Waals surface area contributed by atoms with Gasteiger partial charge >= 0.3 is 0 Å². The van der Waals surface area contributed by atoms with Gasteiger partial charge in [0.25, 0.3) is 11.8 Å². The van der Waals surface area contributed by atoms with Crippen molar-refractivity contribution in [1.29, 1.82) is 5.41 Å². The summed E-state index contributed by atoms with van der Waals surface area (Å²) < 4.78 is 0.584. The number of hydrogen-bond donors (Lipinski definition) is 5. The van der Waals surface area contributed by atoms with E-state index in [2.05, 4.69) is 32.7 Å². The van der Waals surface area contributed by atoms with Gasteiger partial charge < -0.3 is 26.2 Å². The van der Waals surface area contributed by atoms with E-state index in [1.807, 2.05) is 44.2 Å². The number of piperidine rings is 1. The largest absolute Gasteiger partial charge is 0.382 e. The van der Waals surface area contributed by atoms with E-state index in [0.29, 0.717) is 30.7 Å². The predicted molar refractivity (Wildman–Crippen MR) is 145 cm³/mol. The summed E-state index contributed by atoms with van der Waals surface area (Å²) >= 11 is 5.87. The maximum Gasteiger partial charge on any atom is 0.280 e. The number of aromatic nitrogens is 2. The summed E-state index contributed by atoms with van der Waals surface area (Å²) in [6.07, 6.45) is 3.35. The quantitative estimate of drug-likeness (QED) is 0.196. The summed E-state index contributed by atoms with van der Waals surface area (Å²) in [5, 5.41) is 13.7. The van der Waals surface area contributed by atoms with Gasteiger partial charge in [-0.15, -0.1) is 0 Å². The second-order valence-electron chi connectivity index (χ2n) is 10.6. The van der Waals surface area contributed by atoms with Crippen molar-refractivity contribution in [2.24, 2.45) is 5.41 Å². The summed E-state index contributed by atoms with van der Waals surface area (Å²) in [4.78, 5) is 35.0. The lowest BCUT2D eigenvalue weighted by molar-refractivity contribution is -0.862. The maximum absolute atomic E-state index is 12.8. The Kier molecular flexibility index (Phi) is 8.93. The molecule has 0 aliphatic carbocycles. The molecule has 0 saturated carbocycles. The average molecular weight is 531 g/mol. The van der Waals surface area contributed by atoms with Crippen molar-refractivity contribution in [3.63, 3.8) is 0 Å². The van der Waals surface area contributed by atoms with Crippen LogP contribution in [0.1, 0.15) is 35.3 Å². The molecule has 37 heavy (non-hydrogen) atoms. The van der Waals surface area contributed by atoms with E-state index in [4.69, 9.17) is 28.5 Å². The number of likely N-dealkylation sites (N-methyl/N-ethyl adjacent to an activating group) is 1. The van der Waals surface area contributed by atoms with Gasteiger partial charge in [-0.05, 0) is 36.7 Å². The Morgan fingerprint density at radius 1 is 1.11 bits per heavy atom. The van der Waals surface area contributed by atoms with E-state index in [9.17, 15) is 9.59 Å². The van der Waals surface area contributed by atoms with Crippen LogP contribution in [0.5, 0.6) is 0 Å². The minimum absolute atomic E-state index is 0.0736. The van der Waals surface area contributed by atoms with Crippen LogP contribution in [0.25, 0.3) is 0 Å². The summed E-state index contributed by atoms with van der Waals surface area (Å²) in [7, 11) is 6.02. The van der Waals surface area contributed by atoms with Crippen molar-refractivity contribution in [2.45, 2.75) is 25.7 Å². The van der Waals surface area contributed by atoms with Crippen molar-refractivity contribution >= 4 is 41.0 Å². The van der Waals surface area contributed by atoms with Crippen LogP contribution in [-0.2, 0) is 11.2 Å². The zero-order valence-corrected chi connectivity index (χ0v) is 22.4. The molecule has 12 heteroatoms. The van der Waals surface area contributed by atoms with Gasteiger partial charge in [-0.25, -0.2) is 9.97 Å². The number of anilines is 2. The monoisotopic (exact) mass is 530 g/mol. The van der Waals surface area contributed by atoms with E-state index >= 15 is 0 Å². The van der Waals surface area contributed by atoms with Crippen molar-refractivity contribution in [1.82, 2.24) is 25.5 Å². The molecule has 2 amide bonds. The SMILES string of the molecule is C[N+](C)(C)CC(=O)N1CCC(CCc2ccccc2)(CNC(=N)NC(=O)c2nc(Cl)c(N)nc2N)CC1. The molecule has 7 N–H and O–H groups in total. The Hall–Kier alpha value is -3.44. The number of hydrogen-bond acceptors (Lipinski definition) is 7. The third-order valence-corrected chi connectivity index (χ3v) is 6.85. The van der Waals surface area contributed by atoms with Crippen molar-refractivity contribution < 1.29 is 14.1 Å². The zero-order valence-electron chi connectivity index (χ0n) is 21.7. The summed E-state index contributed by atoms with van der Waals surface area (Å²) in [6.45, 7) is 2.24. The standard InChI is InChI=1S/C25H36ClN9O2/c1-35(2,3)15-18(36)34-13-11-25(12-14-34,10-9-17-7-5-4-6-8-17)16-30-24(29)33-23(37)19-21(27)32-22(28)20(26)31-19/h4-8H,9-16H2,1-3H3,(H6-,27,28,29,30,32,33,37)/p+1. The first-order valence-corrected chi connectivity index (χ1v) is 12.6. The number of benzene rings is 1. The van der Waals surface area contributed by atoms with Crippen LogP contribution in [0.15, 0.2) is 30.3 Å². The zero-order chi connectivity index (χ0) is 27.2. The number of nitrogens with two attached hydrogens (primary N) is 2. The number of carbonyl (C=O) groups excluding carboxylic acids is 2. The summed E-state index contributed by atoms with van der Waals surface area (Å²) in [5.74, 6) is -0.976. The highest BCUT2D eigenvalue weighted by Crippen LogP contribution is 2.36. The predicted octanol–water partition coefficient (Wildman–Crippen LogP) is 1.50. The number of nitrogen functional groups attached to an aromatic ring is 2. The molecule has 0 radical (unpaired) electrons. The van der Waals surface area contributed by atoms with Gasteiger partial charge in [-0.1, -0.05) is 41.9 Å². The molecule has 0 unspecified atom stereocenters. The third kappa shape index (κ3) is 8.02. The van der Waals surface area contributed by atoms with Crippen molar-refractivity contribution in [2.75, 3.05) is 58.8 Å². The van der Waals surface area contributed by atoms with Crippen LogP contribution in [0, 0.1) is 10.8 Å². The molecule has 1 fully saturated rings. The van der Waals surface area contributed by atoms with Gasteiger partial charge in [-0.2, -0.15) is 0 Å². The molecule has 3 rings (SSSR count). The lowest BCUT2D eigenvalue weighted by atomic mass is 9.74. The van der Waals surface area contributed by atoms with E-state index < -0.39 is 5.91 Å². The number of amides is 2. The molecule has 1 aromatic heterocycles. The molecule has 2 aromatic rings. The first-order valence-electron chi connectivity index (χ1n) is 12.2. The molecular formula is C25H37ClN9O2+. The van der Waals surface area contributed by atoms with Crippen LogP contribution in [0.2, 0.25) is 5.15 Å². The van der Waals surface area contributed by atoms with Crippen molar-refractivity contribution in [3.8, 4) is 0 Å². The number of rotatable bonds is 8. The number of quaternary nitrogens is 1. The van der Waals surface area contributed by atoms with Gasteiger partial charge in [0.1, 0.15) is 0 Å². The highest BCUT2D eigenvalue weighted by molar-refractivity contribution is 6.31. The number of aryl methyl sites for hydroxylation is 1. The van der Waals surface area contributed by atoms with Gasteiger partial charge in [-0.3, -0.25) is 20.3 Å². The molecule has 1 saturated heterocycles. The van der Waals surface area contributed by atoms with E-state index in [1.54, 1.807) is 0 Å². The second kappa shape index (κ2) is 11.7. The first kappa shape index (κ1) is 28.1. The topological polar surface area (TPSA) is 163 Å².